The SMILES string of the molecule is CCCn1ncc(NCc2cn(C)nc2C)c(Cl)c1=O. The van der Waals surface area contributed by atoms with Crippen LogP contribution < -0.4 is 10.9 Å². The highest BCUT2D eigenvalue weighted by atomic mass is 35.5. The van der Waals surface area contributed by atoms with Gasteiger partial charge in [-0.2, -0.15) is 10.2 Å². The van der Waals surface area contributed by atoms with Crippen molar-refractivity contribution in [2.75, 3.05) is 5.32 Å². The van der Waals surface area contributed by atoms with E-state index in [1.54, 1.807) is 10.9 Å². The van der Waals surface area contributed by atoms with Crippen molar-refractivity contribution in [3.8, 4) is 0 Å². The predicted octanol–water partition coefficient (Wildman–Crippen LogP) is 1.96. The number of rotatable bonds is 5. The van der Waals surface area contributed by atoms with Gasteiger partial charge >= 0.3 is 0 Å². The van der Waals surface area contributed by atoms with Gasteiger partial charge in [-0.3, -0.25) is 9.48 Å². The van der Waals surface area contributed by atoms with Gasteiger partial charge in [0.2, 0.25) is 0 Å². The van der Waals surface area contributed by atoms with Crippen LogP contribution in [0.2, 0.25) is 5.02 Å². The molecule has 0 saturated heterocycles. The lowest BCUT2D eigenvalue weighted by atomic mass is 10.2. The van der Waals surface area contributed by atoms with Gasteiger partial charge in [-0.15, -0.1) is 0 Å². The molecule has 0 radical (unpaired) electrons. The third-order valence-electron chi connectivity index (χ3n) is 3.00. The summed E-state index contributed by atoms with van der Waals surface area (Å²) in [6, 6.07) is 0. The molecule has 0 unspecified atom stereocenters. The number of halogens is 1. The van der Waals surface area contributed by atoms with E-state index in [-0.39, 0.29) is 10.6 Å². The molecule has 0 saturated carbocycles. The molecule has 0 aromatic carbocycles. The molecule has 2 rings (SSSR count). The summed E-state index contributed by atoms with van der Waals surface area (Å²) in [5.41, 5.74) is 2.29. The zero-order valence-electron chi connectivity index (χ0n) is 11.9. The van der Waals surface area contributed by atoms with Crippen LogP contribution in [0.1, 0.15) is 24.6 Å². The molecule has 2 aromatic rings. The second-order valence-corrected chi connectivity index (χ2v) is 5.05. The molecule has 7 heteroatoms. The van der Waals surface area contributed by atoms with Crippen LogP contribution in [0.15, 0.2) is 17.2 Å². The monoisotopic (exact) mass is 295 g/mol. The molecule has 1 N–H and O–H groups in total. The molecule has 0 amide bonds. The van der Waals surface area contributed by atoms with Gasteiger partial charge in [0.05, 0.1) is 17.6 Å². The lowest BCUT2D eigenvalue weighted by Gasteiger charge is -2.09. The maximum atomic E-state index is 12.0. The number of hydrogen-bond donors (Lipinski definition) is 1. The zero-order valence-corrected chi connectivity index (χ0v) is 12.6. The van der Waals surface area contributed by atoms with Crippen LogP contribution in [0.5, 0.6) is 0 Å². The molecular formula is C13H18ClN5O. The summed E-state index contributed by atoms with van der Waals surface area (Å²) in [5, 5.41) is 11.7. The van der Waals surface area contributed by atoms with Gasteiger partial charge in [-0.1, -0.05) is 18.5 Å². The van der Waals surface area contributed by atoms with Gasteiger partial charge < -0.3 is 5.32 Å². The number of aryl methyl sites for hydroxylation is 3. The molecular weight excluding hydrogens is 278 g/mol. The van der Waals surface area contributed by atoms with Crippen LogP contribution in [0, 0.1) is 6.92 Å². The Kier molecular flexibility index (Phi) is 4.44. The molecule has 0 aliphatic rings. The van der Waals surface area contributed by atoms with E-state index >= 15 is 0 Å². The Bertz CT molecular complexity index is 661. The third kappa shape index (κ3) is 3.01. The quantitative estimate of drug-likeness (QED) is 0.916. The number of hydrogen-bond acceptors (Lipinski definition) is 4. The largest absolute Gasteiger partial charge is 0.378 e. The Hall–Kier alpha value is -1.82. The summed E-state index contributed by atoms with van der Waals surface area (Å²) >= 11 is 6.09. The van der Waals surface area contributed by atoms with Crippen LogP contribution >= 0.6 is 11.6 Å². The lowest BCUT2D eigenvalue weighted by molar-refractivity contribution is 0.568. The number of nitrogens with one attached hydrogen (secondary N) is 1. The molecule has 0 aliphatic carbocycles. The van der Waals surface area contributed by atoms with Crippen molar-refractivity contribution in [2.24, 2.45) is 7.05 Å². The summed E-state index contributed by atoms with van der Waals surface area (Å²) < 4.78 is 3.13. The minimum atomic E-state index is -0.263. The summed E-state index contributed by atoms with van der Waals surface area (Å²) in [6.45, 7) is 5.05. The minimum absolute atomic E-state index is 0.176. The molecule has 0 atom stereocenters. The van der Waals surface area contributed by atoms with Crippen LogP contribution in [0.3, 0.4) is 0 Å². The van der Waals surface area contributed by atoms with E-state index in [0.29, 0.717) is 18.8 Å². The molecule has 20 heavy (non-hydrogen) atoms. The molecule has 2 aromatic heterocycles. The van der Waals surface area contributed by atoms with E-state index in [4.69, 9.17) is 11.6 Å². The second-order valence-electron chi connectivity index (χ2n) is 4.67. The molecule has 0 aliphatic heterocycles. The van der Waals surface area contributed by atoms with E-state index < -0.39 is 0 Å². The number of nitrogens with zero attached hydrogens (tertiary/aromatic N) is 4. The van der Waals surface area contributed by atoms with Gasteiger partial charge in [0, 0.05) is 31.9 Å². The maximum absolute atomic E-state index is 12.0. The van der Waals surface area contributed by atoms with Crippen molar-refractivity contribution in [2.45, 2.75) is 33.4 Å². The fourth-order valence-corrected chi connectivity index (χ4v) is 2.19. The molecule has 0 fully saturated rings. The second kappa shape index (κ2) is 6.09. The average molecular weight is 296 g/mol. The summed E-state index contributed by atoms with van der Waals surface area (Å²) in [7, 11) is 1.87. The molecule has 0 bridgehead atoms. The van der Waals surface area contributed by atoms with Gasteiger partial charge in [-0.05, 0) is 13.3 Å². The maximum Gasteiger partial charge on any atom is 0.287 e. The third-order valence-corrected chi connectivity index (χ3v) is 3.37. The highest BCUT2D eigenvalue weighted by molar-refractivity contribution is 6.32. The first-order valence-electron chi connectivity index (χ1n) is 6.51. The van der Waals surface area contributed by atoms with Crippen molar-refractivity contribution in [3.63, 3.8) is 0 Å². The molecule has 0 spiro atoms. The number of anilines is 1. The molecule has 6 nitrogen and oxygen atoms in total. The zero-order chi connectivity index (χ0) is 14.7. The fourth-order valence-electron chi connectivity index (χ4n) is 1.97. The van der Waals surface area contributed by atoms with Crippen molar-refractivity contribution in [3.05, 3.63) is 39.0 Å². The van der Waals surface area contributed by atoms with E-state index in [2.05, 4.69) is 15.5 Å². The van der Waals surface area contributed by atoms with E-state index in [9.17, 15) is 4.79 Å². The topological polar surface area (TPSA) is 64.7 Å². The van der Waals surface area contributed by atoms with Crippen LogP contribution in [0.4, 0.5) is 5.69 Å². The Balaban J connectivity index is 2.16. The van der Waals surface area contributed by atoms with E-state index in [1.165, 1.54) is 4.68 Å². The van der Waals surface area contributed by atoms with E-state index in [1.807, 2.05) is 27.1 Å². The first-order chi connectivity index (χ1) is 9.52. The Labute approximate surface area is 122 Å². The van der Waals surface area contributed by atoms with Crippen LogP contribution in [-0.2, 0) is 20.1 Å². The molecule has 108 valence electrons. The normalized spacial score (nSPS) is 10.8. The Morgan fingerprint density at radius 2 is 2.20 bits per heavy atom. The predicted molar refractivity (Wildman–Crippen MR) is 79.1 cm³/mol. The first-order valence-corrected chi connectivity index (χ1v) is 6.89. The standard InChI is InChI=1S/C13H18ClN5O/c1-4-5-19-13(20)12(14)11(7-16-19)15-6-10-8-18(3)17-9(10)2/h7-8,15H,4-6H2,1-3H3. The van der Waals surface area contributed by atoms with Gasteiger partial charge in [0.15, 0.2) is 0 Å². The van der Waals surface area contributed by atoms with Crippen molar-refractivity contribution < 1.29 is 0 Å². The minimum Gasteiger partial charge on any atom is -0.378 e. The van der Waals surface area contributed by atoms with Crippen LogP contribution in [-0.4, -0.2) is 19.6 Å². The van der Waals surface area contributed by atoms with Crippen molar-refractivity contribution >= 4 is 17.3 Å². The highest BCUT2D eigenvalue weighted by Gasteiger charge is 2.10. The van der Waals surface area contributed by atoms with Gasteiger partial charge in [0.25, 0.3) is 5.56 Å². The van der Waals surface area contributed by atoms with Crippen LogP contribution in [0.25, 0.3) is 0 Å². The summed E-state index contributed by atoms with van der Waals surface area (Å²) in [6.07, 6.45) is 4.36. The average Bonchev–Trinajstić information content (AvgIpc) is 2.73. The lowest BCUT2D eigenvalue weighted by Crippen LogP contribution is -2.24. The smallest absolute Gasteiger partial charge is 0.287 e. The Morgan fingerprint density at radius 3 is 2.80 bits per heavy atom. The fraction of sp³-hybridized carbons (Fsp3) is 0.462. The molecule has 2 heterocycles. The van der Waals surface area contributed by atoms with Gasteiger partial charge in [-0.25, -0.2) is 4.68 Å². The first kappa shape index (κ1) is 14.6. The van der Waals surface area contributed by atoms with Crippen molar-refractivity contribution in [1.82, 2.24) is 19.6 Å². The Morgan fingerprint density at radius 1 is 1.45 bits per heavy atom. The number of aromatic nitrogens is 4. The summed E-state index contributed by atoms with van der Waals surface area (Å²) in [5.74, 6) is 0. The summed E-state index contributed by atoms with van der Waals surface area (Å²) in [4.78, 5) is 12.0. The van der Waals surface area contributed by atoms with E-state index in [0.717, 1.165) is 17.7 Å². The van der Waals surface area contributed by atoms with Gasteiger partial charge in [0.1, 0.15) is 5.02 Å². The van der Waals surface area contributed by atoms with Crippen molar-refractivity contribution in [1.29, 1.82) is 0 Å². The highest BCUT2D eigenvalue weighted by Crippen LogP contribution is 2.17.